The molecule has 0 spiro atoms. The zero-order chi connectivity index (χ0) is 8.67. The number of benzene rings is 1. The number of rotatable bonds is 0. The molecule has 0 aliphatic carbocycles. The predicted octanol–water partition coefficient (Wildman–Crippen LogP) is 1.84. The second-order valence-electron chi connectivity index (χ2n) is 2.85. The van der Waals surface area contributed by atoms with Crippen molar-refractivity contribution in [3.8, 4) is 0 Å². The molecule has 0 aliphatic rings. The van der Waals surface area contributed by atoms with Crippen molar-refractivity contribution >= 4 is 36.6 Å². The van der Waals surface area contributed by atoms with Crippen molar-refractivity contribution in [2.45, 2.75) is 0 Å². The van der Waals surface area contributed by atoms with Gasteiger partial charge in [-0.05, 0) is 0 Å². The van der Waals surface area contributed by atoms with Crippen molar-refractivity contribution < 1.29 is 0 Å². The summed E-state index contributed by atoms with van der Waals surface area (Å²) in [6.45, 7) is 0. The molecule has 0 unspecified atom stereocenters. The molecule has 2 aromatic heterocycles. The first-order valence-corrected chi connectivity index (χ1v) is 6.00. The Labute approximate surface area is 81.0 Å². The van der Waals surface area contributed by atoms with Crippen molar-refractivity contribution in [1.29, 1.82) is 0 Å². The zero-order valence-corrected chi connectivity index (χ0v) is 8.48. The molecule has 0 saturated heterocycles. The molecule has 0 fully saturated rings. The van der Waals surface area contributed by atoms with Gasteiger partial charge in [0.1, 0.15) is 0 Å². The third kappa shape index (κ3) is 1.09. The van der Waals surface area contributed by atoms with Gasteiger partial charge in [-0.1, -0.05) is 0 Å². The van der Waals surface area contributed by atoms with E-state index in [4.69, 9.17) is 0 Å². The molecule has 0 amide bonds. The Morgan fingerprint density at radius 3 is 1.85 bits per heavy atom. The maximum atomic E-state index is 4.52. The summed E-state index contributed by atoms with van der Waals surface area (Å²) in [7, 11) is 0. The molecule has 3 aromatic rings. The molecule has 3 rings (SSSR count). The van der Waals surface area contributed by atoms with Gasteiger partial charge in [-0.3, -0.25) is 0 Å². The van der Waals surface area contributed by atoms with Gasteiger partial charge in [0.15, 0.2) is 0 Å². The standard InChI is InChI=1S/C10H6N2Se/c1-2-4-8-7(3-1)11-9-5-13-6-10(9)12-8/h1-6H. The van der Waals surface area contributed by atoms with Gasteiger partial charge in [0, 0.05) is 0 Å². The first-order valence-electron chi connectivity index (χ1n) is 4.02. The Morgan fingerprint density at radius 2 is 1.31 bits per heavy atom. The number of aromatic nitrogens is 2. The fourth-order valence-electron chi connectivity index (χ4n) is 1.36. The summed E-state index contributed by atoms with van der Waals surface area (Å²) in [4.78, 5) is 13.4. The molecule has 3 heteroatoms. The van der Waals surface area contributed by atoms with E-state index in [2.05, 4.69) is 19.8 Å². The molecule has 0 bridgehead atoms. The van der Waals surface area contributed by atoms with Crippen molar-refractivity contribution in [2.24, 2.45) is 0 Å². The average Bonchev–Trinajstić information content (AvgIpc) is 2.61. The third-order valence-electron chi connectivity index (χ3n) is 1.99. The zero-order valence-electron chi connectivity index (χ0n) is 6.77. The van der Waals surface area contributed by atoms with Crippen LogP contribution in [0, 0.1) is 0 Å². The van der Waals surface area contributed by atoms with Crippen LogP contribution in [-0.4, -0.2) is 24.5 Å². The van der Waals surface area contributed by atoms with Gasteiger partial charge in [-0.25, -0.2) is 0 Å². The van der Waals surface area contributed by atoms with Crippen molar-refractivity contribution in [3.63, 3.8) is 0 Å². The minimum atomic E-state index is 0.458. The molecule has 2 nitrogen and oxygen atoms in total. The quantitative estimate of drug-likeness (QED) is 0.554. The number of fused-ring (bicyclic) bond motifs is 2. The Hall–Kier alpha value is -1.18. The van der Waals surface area contributed by atoms with Gasteiger partial charge < -0.3 is 0 Å². The second kappa shape index (κ2) is 2.66. The summed E-state index contributed by atoms with van der Waals surface area (Å²) in [5.41, 5.74) is 4.09. The SMILES string of the molecule is c1ccc2nc3c[se]cc3nc2c1. The van der Waals surface area contributed by atoms with Crippen LogP contribution in [0.25, 0.3) is 22.1 Å². The van der Waals surface area contributed by atoms with E-state index in [0.717, 1.165) is 22.1 Å². The summed E-state index contributed by atoms with van der Waals surface area (Å²) < 4.78 is 0. The average molecular weight is 233 g/mol. The van der Waals surface area contributed by atoms with E-state index in [-0.39, 0.29) is 0 Å². The van der Waals surface area contributed by atoms with Gasteiger partial charge >= 0.3 is 80.7 Å². The molecule has 1 aromatic carbocycles. The van der Waals surface area contributed by atoms with Crippen LogP contribution in [0.15, 0.2) is 34.1 Å². The summed E-state index contributed by atoms with van der Waals surface area (Å²) >= 11 is 0.458. The number of hydrogen-bond donors (Lipinski definition) is 0. The summed E-state index contributed by atoms with van der Waals surface area (Å²) in [6, 6.07) is 7.99. The van der Waals surface area contributed by atoms with Gasteiger partial charge in [-0.15, -0.1) is 0 Å². The molecular weight excluding hydrogens is 227 g/mol. The van der Waals surface area contributed by atoms with Crippen LogP contribution in [0.2, 0.25) is 0 Å². The molecular formula is C10H6N2Se. The molecule has 0 N–H and O–H groups in total. The number of para-hydroxylation sites is 2. The Morgan fingerprint density at radius 1 is 0.769 bits per heavy atom. The molecule has 2 heterocycles. The Balaban J connectivity index is 2.57. The van der Waals surface area contributed by atoms with Gasteiger partial charge in [-0.2, -0.15) is 0 Å². The monoisotopic (exact) mass is 234 g/mol. The third-order valence-corrected chi connectivity index (χ3v) is 3.49. The van der Waals surface area contributed by atoms with Crippen LogP contribution in [0.1, 0.15) is 0 Å². The van der Waals surface area contributed by atoms with Gasteiger partial charge in [0.05, 0.1) is 0 Å². The maximum absolute atomic E-state index is 4.52. The van der Waals surface area contributed by atoms with Gasteiger partial charge in [0.25, 0.3) is 0 Å². The van der Waals surface area contributed by atoms with Crippen LogP contribution < -0.4 is 0 Å². The first-order chi connectivity index (χ1) is 6.43. The summed E-state index contributed by atoms with van der Waals surface area (Å²) in [5.74, 6) is 0. The first kappa shape index (κ1) is 7.24. The summed E-state index contributed by atoms with van der Waals surface area (Å²) in [5, 5.41) is 0. The fourth-order valence-corrected chi connectivity index (χ4v) is 2.78. The van der Waals surface area contributed by atoms with E-state index in [0.29, 0.717) is 14.5 Å². The Bertz CT molecular complexity index is 521. The molecule has 0 atom stereocenters. The van der Waals surface area contributed by atoms with Crippen LogP contribution >= 0.6 is 0 Å². The van der Waals surface area contributed by atoms with E-state index >= 15 is 0 Å². The molecule has 0 aliphatic heterocycles. The number of hydrogen-bond acceptors (Lipinski definition) is 2. The predicted molar refractivity (Wildman–Crippen MR) is 54.0 cm³/mol. The van der Waals surface area contributed by atoms with Crippen LogP contribution in [-0.2, 0) is 0 Å². The molecule has 13 heavy (non-hydrogen) atoms. The topological polar surface area (TPSA) is 25.8 Å². The van der Waals surface area contributed by atoms with Crippen molar-refractivity contribution in [1.82, 2.24) is 9.97 Å². The summed E-state index contributed by atoms with van der Waals surface area (Å²) in [6.07, 6.45) is 0. The van der Waals surface area contributed by atoms with Crippen LogP contribution in [0.5, 0.6) is 0 Å². The van der Waals surface area contributed by atoms with E-state index in [1.807, 2.05) is 24.3 Å². The van der Waals surface area contributed by atoms with Crippen molar-refractivity contribution in [2.75, 3.05) is 0 Å². The van der Waals surface area contributed by atoms with Gasteiger partial charge in [0.2, 0.25) is 0 Å². The van der Waals surface area contributed by atoms with E-state index in [1.165, 1.54) is 0 Å². The van der Waals surface area contributed by atoms with Crippen molar-refractivity contribution in [3.05, 3.63) is 34.1 Å². The molecule has 0 radical (unpaired) electrons. The van der Waals surface area contributed by atoms with E-state index in [9.17, 15) is 0 Å². The normalized spacial score (nSPS) is 11.1. The second-order valence-corrected chi connectivity index (χ2v) is 4.41. The minimum absolute atomic E-state index is 0.458. The van der Waals surface area contributed by atoms with Crippen LogP contribution in [0.3, 0.4) is 0 Å². The van der Waals surface area contributed by atoms with E-state index < -0.39 is 0 Å². The Kier molecular flexibility index (Phi) is 1.48. The van der Waals surface area contributed by atoms with Crippen LogP contribution in [0.4, 0.5) is 0 Å². The van der Waals surface area contributed by atoms with E-state index in [1.54, 1.807) is 0 Å². The molecule has 0 saturated carbocycles. The molecule has 62 valence electrons. The fraction of sp³-hybridized carbons (Fsp3) is 0. The number of nitrogens with zero attached hydrogens (tertiary/aromatic N) is 2.